The molecule has 2 aliphatic rings. The molecule has 1 saturated heterocycles. The summed E-state index contributed by atoms with van der Waals surface area (Å²) in [6, 6.07) is 8.81. The molecule has 0 aromatic heterocycles. The molecule has 16 heavy (non-hydrogen) atoms. The second-order valence-corrected chi connectivity index (χ2v) is 4.33. The summed E-state index contributed by atoms with van der Waals surface area (Å²) >= 11 is 0. The van der Waals surface area contributed by atoms with Crippen LogP contribution in [0.25, 0.3) is 6.08 Å². The van der Waals surface area contributed by atoms with Crippen LogP contribution in [0.2, 0.25) is 0 Å². The van der Waals surface area contributed by atoms with Crippen LogP contribution in [0.4, 0.5) is 0 Å². The zero-order valence-corrected chi connectivity index (χ0v) is 15.1. The maximum Gasteiger partial charge on any atom is 0.0165 e. The normalized spacial score (nSPS) is 19.8. The van der Waals surface area contributed by atoms with Crippen LogP contribution in [-0.2, 0) is 70.8 Å². The van der Waals surface area contributed by atoms with E-state index in [0.717, 1.165) is 13.1 Å². The van der Waals surface area contributed by atoms with Crippen LogP contribution in [0.15, 0.2) is 30.3 Å². The van der Waals surface area contributed by atoms with Crippen molar-refractivity contribution in [3.05, 3.63) is 41.5 Å². The summed E-state index contributed by atoms with van der Waals surface area (Å²) in [4.78, 5) is 0. The predicted molar refractivity (Wildman–Crippen MR) is 59.3 cm³/mol. The largest absolute Gasteiger partial charge is 0.317 e. The standard InChI is InChI=1S/C13H15N.2Y/c1-2-4-12-11(3-1)5-6-13(12)7-9-14-10-8-13;;/h1-6,14H,7-10H2;;. The molecule has 1 aromatic carbocycles. The third-order valence-electron chi connectivity index (χ3n) is 3.57. The molecule has 1 spiro atoms. The SMILES string of the molecule is C1=CC2(CCNCC2)c2ccccc21.[Y].[Y]. The van der Waals surface area contributed by atoms with Gasteiger partial charge >= 0.3 is 0 Å². The number of hydrogen-bond acceptors (Lipinski definition) is 1. The van der Waals surface area contributed by atoms with Crippen molar-refractivity contribution in [3.8, 4) is 0 Å². The van der Waals surface area contributed by atoms with Crippen molar-refractivity contribution in [2.75, 3.05) is 13.1 Å². The van der Waals surface area contributed by atoms with Crippen molar-refractivity contribution in [1.29, 1.82) is 0 Å². The summed E-state index contributed by atoms with van der Waals surface area (Å²) in [5.74, 6) is 0. The molecule has 1 aliphatic carbocycles. The van der Waals surface area contributed by atoms with E-state index in [9.17, 15) is 0 Å². The first-order valence-corrected chi connectivity index (χ1v) is 5.40. The minimum Gasteiger partial charge on any atom is -0.317 e. The number of fused-ring (bicyclic) bond motifs is 2. The molecular formula is C13H15NY2. The van der Waals surface area contributed by atoms with Gasteiger partial charge in [-0.1, -0.05) is 36.4 Å². The first kappa shape index (κ1) is 15.2. The molecule has 0 bridgehead atoms. The van der Waals surface area contributed by atoms with Crippen LogP contribution in [0.3, 0.4) is 0 Å². The Morgan fingerprint density at radius 2 is 1.69 bits per heavy atom. The van der Waals surface area contributed by atoms with Gasteiger partial charge in [-0.05, 0) is 37.1 Å². The van der Waals surface area contributed by atoms with E-state index in [4.69, 9.17) is 0 Å². The summed E-state index contributed by atoms with van der Waals surface area (Å²) in [6.45, 7) is 2.30. The van der Waals surface area contributed by atoms with Gasteiger partial charge in [-0.25, -0.2) is 0 Å². The minimum atomic E-state index is 0. The van der Waals surface area contributed by atoms with Gasteiger partial charge < -0.3 is 5.32 Å². The smallest absolute Gasteiger partial charge is 0.0165 e. The zero-order chi connectivity index (χ0) is 9.43. The van der Waals surface area contributed by atoms with Gasteiger partial charge in [0.1, 0.15) is 0 Å². The van der Waals surface area contributed by atoms with Gasteiger partial charge in [0.15, 0.2) is 0 Å². The third kappa shape index (κ3) is 2.59. The summed E-state index contributed by atoms with van der Waals surface area (Å²) in [6.07, 6.45) is 7.21. The monoisotopic (exact) mass is 363 g/mol. The molecule has 0 amide bonds. The summed E-state index contributed by atoms with van der Waals surface area (Å²) < 4.78 is 0. The first-order chi connectivity index (χ1) is 6.91. The van der Waals surface area contributed by atoms with Crippen LogP contribution in [0, 0.1) is 0 Å². The molecule has 0 atom stereocenters. The number of nitrogens with one attached hydrogen (secondary N) is 1. The molecule has 1 heterocycles. The Balaban J connectivity index is 0.000000640. The van der Waals surface area contributed by atoms with Crippen molar-refractivity contribution in [3.63, 3.8) is 0 Å². The number of rotatable bonds is 0. The van der Waals surface area contributed by atoms with E-state index in [1.54, 1.807) is 5.56 Å². The van der Waals surface area contributed by atoms with Crippen molar-refractivity contribution in [1.82, 2.24) is 5.32 Å². The van der Waals surface area contributed by atoms with Gasteiger partial charge in [0.05, 0.1) is 0 Å². The molecule has 1 aromatic rings. The molecule has 1 nitrogen and oxygen atoms in total. The van der Waals surface area contributed by atoms with E-state index in [1.165, 1.54) is 18.4 Å². The predicted octanol–water partition coefficient (Wildman–Crippen LogP) is 2.33. The Hall–Kier alpha value is 1.13. The van der Waals surface area contributed by atoms with Gasteiger partial charge in [-0.3, -0.25) is 0 Å². The summed E-state index contributed by atoms with van der Waals surface area (Å²) in [5.41, 5.74) is 3.33. The van der Waals surface area contributed by atoms with Crippen LogP contribution in [-0.4, -0.2) is 13.1 Å². The van der Waals surface area contributed by atoms with E-state index in [2.05, 4.69) is 41.7 Å². The summed E-state index contributed by atoms with van der Waals surface area (Å²) in [7, 11) is 0. The zero-order valence-electron chi connectivity index (χ0n) is 9.45. The molecule has 0 saturated carbocycles. The molecule has 1 fully saturated rings. The number of piperidine rings is 1. The second-order valence-electron chi connectivity index (χ2n) is 4.33. The molecule has 3 rings (SSSR count). The van der Waals surface area contributed by atoms with E-state index in [-0.39, 0.29) is 65.4 Å². The van der Waals surface area contributed by atoms with E-state index < -0.39 is 0 Å². The summed E-state index contributed by atoms with van der Waals surface area (Å²) in [5, 5.41) is 3.43. The van der Waals surface area contributed by atoms with Crippen LogP contribution < -0.4 is 5.32 Å². The van der Waals surface area contributed by atoms with Crippen LogP contribution >= 0.6 is 0 Å². The maximum absolute atomic E-state index is 3.43. The van der Waals surface area contributed by atoms with Gasteiger partial charge in [-0.15, -0.1) is 0 Å². The molecule has 78 valence electrons. The molecule has 0 unspecified atom stereocenters. The Bertz CT molecular complexity index is 381. The van der Waals surface area contributed by atoms with Gasteiger partial charge in [0, 0.05) is 70.8 Å². The third-order valence-corrected chi connectivity index (χ3v) is 3.57. The molecule has 1 aliphatic heterocycles. The molecule has 1 N–H and O–H groups in total. The number of benzene rings is 1. The fourth-order valence-electron chi connectivity index (χ4n) is 2.74. The van der Waals surface area contributed by atoms with Gasteiger partial charge in [-0.2, -0.15) is 0 Å². The van der Waals surface area contributed by atoms with Crippen molar-refractivity contribution < 1.29 is 65.4 Å². The van der Waals surface area contributed by atoms with Crippen LogP contribution in [0.1, 0.15) is 24.0 Å². The first-order valence-electron chi connectivity index (χ1n) is 5.40. The topological polar surface area (TPSA) is 12.0 Å². The van der Waals surface area contributed by atoms with Crippen LogP contribution in [0.5, 0.6) is 0 Å². The van der Waals surface area contributed by atoms with Gasteiger partial charge in [0.2, 0.25) is 0 Å². The number of hydrogen-bond donors (Lipinski definition) is 1. The second kappa shape index (κ2) is 6.34. The molecule has 2 radical (unpaired) electrons. The van der Waals surface area contributed by atoms with Crippen molar-refractivity contribution >= 4 is 6.08 Å². The minimum absolute atomic E-state index is 0. The van der Waals surface area contributed by atoms with Crippen molar-refractivity contribution in [2.24, 2.45) is 0 Å². The maximum atomic E-state index is 3.43. The average Bonchev–Trinajstić information content (AvgIpc) is 2.60. The van der Waals surface area contributed by atoms with Gasteiger partial charge in [0.25, 0.3) is 0 Å². The Morgan fingerprint density at radius 3 is 2.44 bits per heavy atom. The Kier molecular flexibility index (Phi) is 6.02. The van der Waals surface area contributed by atoms with Crippen molar-refractivity contribution in [2.45, 2.75) is 18.3 Å². The van der Waals surface area contributed by atoms with E-state index in [1.807, 2.05) is 0 Å². The van der Waals surface area contributed by atoms with E-state index >= 15 is 0 Å². The quantitative estimate of drug-likeness (QED) is 0.746. The Morgan fingerprint density at radius 1 is 1.00 bits per heavy atom. The molecule has 3 heteroatoms. The number of allylic oxidation sites excluding steroid dienone is 1. The van der Waals surface area contributed by atoms with E-state index in [0.29, 0.717) is 5.41 Å². The Labute approximate surface area is 148 Å². The fraction of sp³-hybridized carbons (Fsp3) is 0.385. The molecular weight excluding hydrogens is 348 g/mol. The average molecular weight is 363 g/mol. The fourth-order valence-corrected chi connectivity index (χ4v) is 2.74.